The lowest BCUT2D eigenvalue weighted by molar-refractivity contribution is -0.147. The average Bonchev–Trinajstić information content (AvgIpc) is 3.31. The van der Waals surface area contributed by atoms with Gasteiger partial charge in [-0.15, -0.1) is 11.3 Å². The zero-order chi connectivity index (χ0) is 22.2. The Bertz CT molecular complexity index is 1120. The van der Waals surface area contributed by atoms with Crippen LogP contribution in [0.25, 0.3) is 11.3 Å². The Morgan fingerprint density at radius 2 is 1.41 bits per heavy atom. The lowest BCUT2D eigenvalue weighted by Crippen LogP contribution is -2.22. The van der Waals surface area contributed by atoms with Gasteiger partial charge in [0.1, 0.15) is 0 Å². The summed E-state index contributed by atoms with van der Waals surface area (Å²) in [5, 5.41) is 5.04. The number of nitrogens with zero attached hydrogens (tertiary/aromatic N) is 1. The zero-order valence-electron chi connectivity index (χ0n) is 17.3. The number of hydrogen-bond donors (Lipinski definition) is 1. The summed E-state index contributed by atoms with van der Waals surface area (Å²) in [6.45, 7) is -0.352. The van der Waals surface area contributed by atoms with Gasteiger partial charge in [0.2, 0.25) is 0 Å². The highest BCUT2D eigenvalue weighted by Gasteiger charge is 2.20. The Morgan fingerprint density at radius 1 is 0.844 bits per heavy atom. The van der Waals surface area contributed by atoms with Crippen LogP contribution in [0.2, 0.25) is 0 Å². The molecule has 0 unspecified atom stereocenters. The molecule has 0 saturated heterocycles. The third kappa shape index (κ3) is 5.68. The summed E-state index contributed by atoms with van der Waals surface area (Å²) in [7, 11) is 0. The van der Waals surface area contributed by atoms with E-state index >= 15 is 0 Å². The highest BCUT2D eigenvalue weighted by molar-refractivity contribution is 7.14. The van der Waals surface area contributed by atoms with Crippen LogP contribution in [0.15, 0.2) is 96.4 Å². The monoisotopic (exact) mass is 442 g/mol. The summed E-state index contributed by atoms with van der Waals surface area (Å²) in [5.74, 6) is -0.981. The first-order valence-electron chi connectivity index (χ1n) is 10.3. The van der Waals surface area contributed by atoms with Crippen molar-refractivity contribution < 1.29 is 14.3 Å². The molecule has 1 aromatic heterocycles. The Balaban J connectivity index is 1.33. The van der Waals surface area contributed by atoms with Crippen molar-refractivity contribution in [2.45, 2.75) is 12.3 Å². The van der Waals surface area contributed by atoms with Crippen LogP contribution >= 0.6 is 11.3 Å². The summed E-state index contributed by atoms with van der Waals surface area (Å²) in [6, 6.07) is 29.3. The number of esters is 1. The molecule has 1 amide bonds. The van der Waals surface area contributed by atoms with Crippen LogP contribution in [0.4, 0.5) is 5.13 Å². The summed E-state index contributed by atoms with van der Waals surface area (Å²) in [4.78, 5) is 29.2. The fourth-order valence-corrected chi connectivity index (χ4v) is 4.13. The molecule has 0 fully saturated rings. The molecule has 0 saturated carbocycles. The van der Waals surface area contributed by atoms with Crippen molar-refractivity contribution in [2.75, 3.05) is 11.9 Å². The van der Waals surface area contributed by atoms with E-state index in [-0.39, 0.29) is 18.9 Å². The summed E-state index contributed by atoms with van der Waals surface area (Å²) < 4.78 is 5.27. The van der Waals surface area contributed by atoms with E-state index in [9.17, 15) is 9.59 Å². The molecule has 3 aromatic carbocycles. The standard InChI is InChI=1S/C26H22N2O3S/c29-24(28-26-27-23(18-32-26)21-14-8-3-9-15-21)17-31-25(30)16-22(19-10-4-1-5-11-19)20-12-6-2-7-13-20/h1-15,18,22H,16-17H2,(H,27,28,29). The maximum atomic E-state index is 12.5. The minimum atomic E-state index is -0.429. The van der Waals surface area contributed by atoms with Gasteiger partial charge in [-0.25, -0.2) is 4.98 Å². The highest BCUT2D eigenvalue weighted by Crippen LogP contribution is 2.28. The Kier molecular flexibility index (Phi) is 7.05. The molecular formula is C26H22N2O3S. The van der Waals surface area contributed by atoms with Gasteiger partial charge in [0.15, 0.2) is 11.7 Å². The number of aromatic nitrogens is 1. The molecule has 1 heterocycles. The van der Waals surface area contributed by atoms with Crippen molar-refractivity contribution in [3.8, 4) is 11.3 Å². The summed E-state index contributed by atoms with van der Waals surface area (Å²) in [5.41, 5.74) is 3.81. The van der Waals surface area contributed by atoms with Crippen molar-refractivity contribution >= 4 is 28.3 Å². The predicted molar refractivity (Wildman–Crippen MR) is 126 cm³/mol. The van der Waals surface area contributed by atoms with Gasteiger partial charge < -0.3 is 4.74 Å². The molecule has 5 nitrogen and oxygen atoms in total. The van der Waals surface area contributed by atoms with Crippen molar-refractivity contribution in [1.29, 1.82) is 0 Å². The van der Waals surface area contributed by atoms with Crippen molar-refractivity contribution in [2.24, 2.45) is 0 Å². The molecule has 0 aliphatic rings. The van der Waals surface area contributed by atoms with E-state index in [0.717, 1.165) is 22.4 Å². The lowest BCUT2D eigenvalue weighted by atomic mass is 9.89. The smallest absolute Gasteiger partial charge is 0.307 e. The second-order valence-corrected chi connectivity index (χ2v) is 8.05. The predicted octanol–water partition coefficient (Wildman–Crippen LogP) is 5.51. The second kappa shape index (κ2) is 10.5. The summed E-state index contributed by atoms with van der Waals surface area (Å²) >= 11 is 1.33. The Labute approximate surface area is 190 Å². The lowest BCUT2D eigenvalue weighted by Gasteiger charge is -2.17. The maximum absolute atomic E-state index is 12.5. The van der Waals surface area contributed by atoms with Crippen LogP contribution in [0.3, 0.4) is 0 Å². The van der Waals surface area contributed by atoms with Crippen molar-refractivity contribution in [3.05, 3.63) is 108 Å². The van der Waals surface area contributed by atoms with E-state index in [1.807, 2.05) is 96.4 Å². The molecule has 4 aromatic rings. The van der Waals surface area contributed by atoms with Crippen molar-refractivity contribution in [3.63, 3.8) is 0 Å². The van der Waals surface area contributed by atoms with E-state index in [2.05, 4.69) is 10.3 Å². The molecule has 0 atom stereocenters. The largest absolute Gasteiger partial charge is 0.456 e. The van der Waals surface area contributed by atoms with Crippen LogP contribution in [-0.2, 0) is 14.3 Å². The Hall–Kier alpha value is -3.77. The van der Waals surface area contributed by atoms with Gasteiger partial charge >= 0.3 is 5.97 Å². The first kappa shape index (κ1) is 21.5. The number of ether oxygens (including phenoxy) is 1. The minimum Gasteiger partial charge on any atom is -0.456 e. The molecule has 0 aliphatic carbocycles. The number of amides is 1. The van der Waals surface area contributed by atoms with E-state index in [4.69, 9.17) is 4.74 Å². The number of anilines is 1. The van der Waals surface area contributed by atoms with Gasteiger partial charge in [-0.3, -0.25) is 14.9 Å². The second-order valence-electron chi connectivity index (χ2n) is 7.19. The molecule has 0 aliphatic heterocycles. The third-order valence-corrected chi connectivity index (χ3v) is 5.72. The highest BCUT2D eigenvalue weighted by atomic mass is 32.1. The van der Waals surface area contributed by atoms with Crippen LogP contribution in [0.5, 0.6) is 0 Å². The molecule has 4 rings (SSSR count). The fraction of sp³-hybridized carbons (Fsp3) is 0.115. The SMILES string of the molecule is O=C(COC(=O)CC(c1ccccc1)c1ccccc1)Nc1nc(-c2ccccc2)cs1. The molecule has 0 radical (unpaired) electrons. The summed E-state index contributed by atoms with van der Waals surface area (Å²) in [6.07, 6.45) is 0.150. The topological polar surface area (TPSA) is 68.3 Å². The number of benzene rings is 3. The Morgan fingerprint density at radius 3 is 2.00 bits per heavy atom. The van der Waals surface area contributed by atoms with Gasteiger partial charge in [0.05, 0.1) is 12.1 Å². The van der Waals surface area contributed by atoms with E-state index < -0.39 is 11.9 Å². The molecule has 0 bridgehead atoms. The number of carbonyl (C=O) groups is 2. The van der Waals surface area contributed by atoms with Gasteiger partial charge in [-0.2, -0.15) is 0 Å². The third-order valence-electron chi connectivity index (χ3n) is 4.96. The normalized spacial score (nSPS) is 10.7. The van der Waals surface area contributed by atoms with Gasteiger partial charge in [-0.1, -0.05) is 91.0 Å². The van der Waals surface area contributed by atoms with Crippen LogP contribution < -0.4 is 5.32 Å². The molecule has 1 N–H and O–H groups in total. The van der Waals surface area contributed by atoms with E-state index in [1.165, 1.54) is 11.3 Å². The number of rotatable bonds is 8. The van der Waals surface area contributed by atoms with E-state index in [1.54, 1.807) is 0 Å². The van der Waals surface area contributed by atoms with E-state index in [0.29, 0.717) is 5.13 Å². The number of hydrogen-bond acceptors (Lipinski definition) is 5. The molecule has 32 heavy (non-hydrogen) atoms. The van der Waals surface area contributed by atoms with Crippen molar-refractivity contribution in [1.82, 2.24) is 4.98 Å². The van der Waals surface area contributed by atoms with Crippen LogP contribution in [0.1, 0.15) is 23.5 Å². The number of carbonyl (C=O) groups excluding carboxylic acids is 2. The molecule has 160 valence electrons. The minimum absolute atomic E-state index is 0.139. The van der Waals surface area contributed by atoms with Gasteiger partial charge in [0.25, 0.3) is 5.91 Å². The number of nitrogens with one attached hydrogen (secondary N) is 1. The van der Waals surface area contributed by atoms with Gasteiger partial charge in [0, 0.05) is 16.9 Å². The zero-order valence-corrected chi connectivity index (χ0v) is 18.1. The number of thiazole rings is 1. The van der Waals surface area contributed by atoms with Crippen LogP contribution in [0, 0.1) is 0 Å². The average molecular weight is 443 g/mol. The first-order chi connectivity index (χ1) is 15.7. The quantitative estimate of drug-likeness (QED) is 0.365. The van der Waals surface area contributed by atoms with Gasteiger partial charge in [-0.05, 0) is 11.1 Å². The fourth-order valence-electron chi connectivity index (χ4n) is 3.40. The van der Waals surface area contributed by atoms with Crippen LogP contribution in [-0.4, -0.2) is 23.5 Å². The first-order valence-corrected chi connectivity index (χ1v) is 11.1. The molecular weight excluding hydrogens is 420 g/mol. The molecule has 6 heteroatoms. The molecule has 0 spiro atoms. The maximum Gasteiger partial charge on any atom is 0.307 e.